The Morgan fingerprint density at radius 1 is 1.20 bits per heavy atom. The molecule has 0 aliphatic heterocycles. The first-order valence-corrected chi connectivity index (χ1v) is 4.08. The molecule has 0 radical (unpaired) electrons. The summed E-state index contributed by atoms with van der Waals surface area (Å²) in [6.45, 7) is 2.03. The number of nitrogens with zero attached hydrogens (tertiary/aromatic N) is 3. The molecule has 1 aromatic heterocycles. The van der Waals surface area contributed by atoms with Gasteiger partial charge in [0.2, 0.25) is 0 Å². The van der Waals surface area contributed by atoms with Crippen molar-refractivity contribution in [2.45, 2.75) is 25.4 Å². The third-order valence-electron chi connectivity index (χ3n) is 2.12. The number of alkyl halides is 3. The molecule has 0 aliphatic carbocycles. The monoisotopic (exact) mass is 215 g/mol. The summed E-state index contributed by atoms with van der Waals surface area (Å²) >= 11 is 0. The van der Waals surface area contributed by atoms with Crippen molar-refractivity contribution in [1.29, 1.82) is 5.26 Å². The zero-order valence-corrected chi connectivity index (χ0v) is 8.13. The molecule has 0 spiro atoms. The van der Waals surface area contributed by atoms with E-state index in [1.807, 2.05) is 0 Å². The fourth-order valence-electron chi connectivity index (χ4n) is 0.854. The molecule has 0 atom stereocenters. The van der Waals surface area contributed by atoms with Gasteiger partial charge in [-0.15, -0.1) is 0 Å². The van der Waals surface area contributed by atoms with Gasteiger partial charge in [0.25, 0.3) is 0 Å². The molecule has 0 aromatic carbocycles. The highest BCUT2D eigenvalue weighted by molar-refractivity contribution is 5.20. The van der Waals surface area contributed by atoms with E-state index in [9.17, 15) is 13.2 Å². The zero-order valence-electron chi connectivity index (χ0n) is 8.13. The average Bonchev–Trinajstić information content (AvgIpc) is 2.16. The van der Waals surface area contributed by atoms with Crippen LogP contribution in [0.4, 0.5) is 13.2 Å². The lowest BCUT2D eigenvalue weighted by Gasteiger charge is -2.26. The zero-order chi connectivity index (χ0) is 11.7. The van der Waals surface area contributed by atoms with Crippen molar-refractivity contribution >= 4 is 0 Å². The third-order valence-corrected chi connectivity index (χ3v) is 2.12. The van der Waals surface area contributed by atoms with Crippen LogP contribution in [0, 0.1) is 11.3 Å². The molecule has 0 aliphatic rings. The van der Waals surface area contributed by atoms with Crippen LogP contribution in [0.5, 0.6) is 0 Å². The minimum Gasteiger partial charge on any atom is -0.256 e. The molecule has 0 fully saturated rings. The number of rotatable bonds is 1. The van der Waals surface area contributed by atoms with Crippen molar-refractivity contribution in [3.05, 3.63) is 23.8 Å². The van der Waals surface area contributed by atoms with Gasteiger partial charge in [-0.3, -0.25) is 4.98 Å². The second-order valence-electron chi connectivity index (χ2n) is 3.52. The van der Waals surface area contributed by atoms with E-state index in [1.54, 1.807) is 6.07 Å². The molecule has 1 aromatic rings. The number of hydrogen-bond donors (Lipinski definition) is 0. The first-order chi connectivity index (χ1) is 6.79. The highest BCUT2D eigenvalue weighted by Crippen LogP contribution is 2.38. The second kappa shape index (κ2) is 3.50. The topological polar surface area (TPSA) is 49.6 Å². The fraction of sp³-hybridized carbons (Fsp3) is 0.444. The summed E-state index contributed by atoms with van der Waals surface area (Å²) in [7, 11) is 0. The first-order valence-electron chi connectivity index (χ1n) is 4.08. The highest BCUT2D eigenvalue weighted by atomic mass is 19.4. The number of aromatic nitrogens is 2. The maximum absolute atomic E-state index is 12.6. The Hall–Kier alpha value is -1.64. The molecular formula is C9H8F3N3. The summed E-state index contributed by atoms with van der Waals surface area (Å²) in [4.78, 5) is 7.14. The van der Waals surface area contributed by atoms with Crippen LogP contribution in [0.2, 0.25) is 0 Å². The van der Waals surface area contributed by atoms with Gasteiger partial charge in [0.05, 0.1) is 18.1 Å². The molecule has 15 heavy (non-hydrogen) atoms. The van der Waals surface area contributed by atoms with Crippen molar-refractivity contribution in [2.24, 2.45) is 0 Å². The number of hydrogen-bond acceptors (Lipinski definition) is 3. The van der Waals surface area contributed by atoms with E-state index in [-0.39, 0.29) is 11.4 Å². The van der Waals surface area contributed by atoms with Crippen molar-refractivity contribution in [3.63, 3.8) is 0 Å². The Kier molecular flexibility index (Phi) is 2.67. The van der Waals surface area contributed by atoms with Gasteiger partial charge in [-0.05, 0) is 13.8 Å². The summed E-state index contributed by atoms with van der Waals surface area (Å²) in [5.74, 6) is 0. The van der Waals surface area contributed by atoms with E-state index >= 15 is 0 Å². The minimum absolute atomic E-state index is 0.00303. The van der Waals surface area contributed by atoms with Crippen LogP contribution in [-0.2, 0) is 5.41 Å². The lowest BCUT2D eigenvalue weighted by molar-refractivity contribution is -0.181. The minimum atomic E-state index is -4.39. The summed E-state index contributed by atoms with van der Waals surface area (Å²) in [5.41, 5.74) is -2.26. The van der Waals surface area contributed by atoms with Crippen LogP contribution in [0.15, 0.2) is 12.4 Å². The molecule has 1 rings (SSSR count). The van der Waals surface area contributed by atoms with Crippen molar-refractivity contribution in [3.8, 4) is 6.07 Å². The van der Waals surface area contributed by atoms with Gasteiger partial charge < -0.3 is 0 Å². The van der Waals surface area contributed by atoms with Crippen molar-refractivity contribution < 1.29 is 13.2 Å². The van der Waals surface area contributed by atoms with Crippen LogP contribution in [0.25, 0.3) is 0 Å². The molecule has 0 amide bonds. The molecule has 0 unspecified atom stereocenters. The summed E-state index contributed by atoms with van der Waals surface area (Å²) in [5, 5.41) is 8.42. The van der Waals surface area contributed by atoms with Gasteiger partial charge >= 0.3 is 6.18 Å². The fourth-order valence-corrected chi connectivity index (χ4v) is 0.854. The van der Waals surface area contributed by atoms with E-state index in [1.165, 1.54) is 0 Å². The average molecular weight is 215 g/mol. The lowest BCUT2D eigenvalue weighted by atomic mass is 9.89. The van der Waals surface area contributed by atoms with E-state index in [0.29, 0.717) is 0 Å². The number of halogens is 3. The Balaban J connectivity index is 3.13. The van der Waals surface area contributed by atoms with Crippen LogP contribution in [0.3, 0.4) is 0 Å². The molecule has 3 nitrogen and oxygen atoms in total. The molecule has 1 heterocycles. The molecule has 0 bridgehead atoms. The smallest absolute Gasteiger partial charge is 0.256 e. The van der Waals surface area contributed by atoms with Gasteiger partial charge in [-0.2, -0.15) is 18.4 Å². The Labute approximate surface area is 84.6 Å². The number of nitriles is 1. The van der Waals surface area contributed by atoms with Crippen LogP contribution >= 0.6 is 0 Å². The molecule has 0 saturated heterocycles. The summed E-state index contributed by atoms with van der Waals surface area (Å²) in [6, 6.07) is 1.69. The van der Waals surface area contributed by atoms with E-state index in [4.69, 9.17) is 5.26 Å². The Bertz CT molecular complexity index is 387. The molecule has 6 heteroatoms. The normalized spacial score (nSPS) is 12.3. The third kappa shape index (κ3) is 2.06. The quantitative estimate of drug-likeness (QED) is 0.721. The van der Waals surface area contributed by atoms with E-state index < -0.39 is 11.6 Å². The maximum atomic E-state index is 12.6. The van der Waals surface area contributed by atoms with Gasteiger partial charge in [-0.1, -0.05) is 0 Å². The SMILES string of the molecule is CC(C)(c1cnc(C#N)cn1)C(F)(F)F. The predicted molar refractivity (Wildman–Crippen MR) is 45.8 cm³/mol. The summed E-state index contributed by atoms with van der Waals surface area (Å²) < 4.78 is 37.7. The Morgan fingerprint density at radius 2 is 1.80 bits per heavy atom. The molecule has 0 saturated carbocycles. The largest absolute Gasteiger partial charge is 0.399 e. The van der Waals surface area contributed by atoms with Gasteiger partial charge in [0.1, 0.15) is 11.5 Å². The first kappa shape index (κ1) is 11.4. The van der Waals surface area contributed by atoms with Gasteiger partial charge in [-0.25, -0.2) is 4.98 Å². The van der Waals surface area contributed by atoms with Crippen molar-refractivity contribution in [1.82, 2.24) is 9.97 Å². The van der Waals surface area contributed by atoms with Gasteiger partial charge in [0, 0.05) is 0 Å². The lowest BCUT2D eigenvalue weighted by Crippen LogP contribution is -2.37. The van der Waals surface area contributed by atoms with E-state index in [0.717, 1.165) is 26.2 Å². The van der Waals surface area contributed by atoms with Crippen LogP contribution < -0.4 is 0 Å². The molecular weight excluding hydrogens is 207 g/mol. The standard InChI is InChI=1S/C9H8F3N3/c1-8(2,9(10,11)12)7-5-14-6(3-13)4-15-7/h4-5H,1-2H3. The molecule has 0 N–H and O–H groups in total. The summed E-state index contributed by atoms with van der Waals surface area (Å²) in [6.07, 6.45) is -2.38. The predicted octanol–water partition coefficient (Wildman–Crippen LogP) is 2.19. The van der Waals surface area contributed by atoms with Crippen molar-refractivity contribution in [2.75, 3.05) is 0 Å². The van der Waals surface area contributed by atoms with Gasteiger partial charge in [0.15, 0.2) is 5.69 Å². The second-order valence-corrected chi connectivity index (χ2v) is 3.52. The van der Waals surface area contributed by atoms with E-state index in [2.05, 4.69) is 9.97 Å². The highest BCUT2D eigenvalue weighted by Gasteiger charge is 2.49. The van der Waals surface area contributed by atoms with Crippen LogP contribution in [0.1, 0.15) is 25.2 Å². The van der Waals surface area contributed by atoms with Crippen LogP contribution in [-0.4, -0.2) is 16.1 Å². The Morgan fingerprint density at radius 3 is 2.13 bits per heavy atom. The maximum Gasteiger partial charge on any atom is 0.399 e. The molecule has 80 valence electrons.